The number of hydrogen-bond acceptors (Lipinski definition) is 4. The summed E-state index contributed by atoms with van der Waals surface area (Å²) in [5.41, 5.74) is 3.82. The number of likely N-dealkylation sites (N-methyl/N-ethyl adjacent to an activating group) is 1. The monoisotopic (exact) mass is 421 g/mol. The smallest absolute Gasteiger partial charge is 0.251 e. The van der Waals surface area contributed by atoms with Gasteiger partial charge in [-0.15, -0.1) is 0 Å². The fourth-order valence-electron chi connectivity index (χ4n) is 4.73. The van der Waals surface area contributed by atoms with Crippen LogP contribution in [-0.2, 0) is 16.1 Å². The summed E-state index contributed by atoms with van der Waals surface area (Å²) in [5.74, 6) is 0.553. The summed E-state index contributed by atoms with van der Waals surface area (Å²) < 4.78 is 5.95. The van der Waals surface area contributed by atoms with Crippen LogP contribution in [0.5, 0.6) is 0 Å². The van der Waals surface area contributed by atoms with Crippen LogP contribution in [0.1, 0.15) is 35.6 Å². The number of rotatable bonds is 6. The van der Waals surface area contributed by atoms with Crippen molar-refractivity contribution in [2.45, 2.75) is 38.5 Å². The SMILES string of the molecule is Cc1ccc(CN2CCC(CNC(=O)[C@@H]3OCCN(C)[C@H]3c3ccccc3)CC2)cc1. The number of carbonyl (C=O) groups is 1. The first-order valence-corrected chi connectivity index (χ1v) is 11.5. The molecule has 2 heterocycles. The summed E-state index contributed by atoms with van der Waals surface area (Å²) in [6.45, 7) is 7.48. The normalized spacial score (nSPS) is 23.5. The van der Waals surface area contributed by atoms with Crippen LogP contribution in [0, 0.1) is 12.8 Å². The van der Waals surface area contributed by atoms with Crippen molar-refractivity contribution in [3.63, 3.8) is 0 Å². The fourth-order valence-corrected chi connectivity index (χ4v) is 4.73. The van der Waals surface area contributed by atoms with E-state index in [0.717, 1.165) is 51.1 Å². The van der Waals surface area contributed by atoms with Crippen LogP contribution in [-0.4, -0.2) is 61.6 Å². The maximum atomic E-state index is 13.0. The molecule has 2 aliphatic heterocycles. The van der Waals surface area contributed by atoms with Crippen LogP contribution in [0.3, 0.4) is 0 Å². The predicted molar refractivity (Wildman–Crippen MR) is 124 cm³/mol. The van der Waals surface area contributed by atoms with Crippen LogP contribution in [0.2, 0.25) is 0 Å². The Kier molecular flexibility index (Phi) is 7.38. The molecule has 2 aromatic rings. The maximum absolute atomic E-state index is 13.0. The summed E-state index contributed by atoms with van der Waals surface area (Å²) in [7, 11) is 2.07. The molecular formula is C26H35N3O2. The van der Waals surface area contributed by atoms with E-state index in [2.05, 4.69) is 65.5 Å². The minimum atomic E-state index is -0.456. The largest absolute Gasteiger partial charge is 0.365 e. The Morgan fingerprint density at radius 3 is 2.45 bits per heavy atom. The van der Waals surface area contributed by atoms with E-state index in [-0.39, 0.29) is 11.9 Å². The number of likely N-dealkylation sites (tertiary alicyclic amines) is 1. The molecule has 2 aromatic carbocycles. The molecule has 1 N–H and O–H groups in total. The first-order valence-electron chi connectivity index (χ1n) is 11.5. The van der Waals surface area contributed by atoms with Gasteiger partial charge in [0.1, 0.15) is 0 Å². The molecule has 0 aromatic heterocycles. The topological polar surface area (TPSA) is 44.8 Å². The lowest BCUT2D eigenvalue weighted by Crippen LogP contribution is -2.51. The summed E-state index contributed by atoms with van der Waals surface area (Å²) in [6, 6.07) is 19.0. The van der Waals surface area contributed by atoms with Crippen LogP contribution in [0.25, 0.3) is 0 Å². The van der Waals surface area contributed by atoms with E-state index in [4.69, 9.17) is 4.74 Å². The van der Waals surface area contributed by atoms with Gasteiger partial charge in [-0.05, 0) is 56.9 Å². The summed E-state index contributed by atoms with van der Waals surface area (Å²) in [6.07, 6.45) is 1.79. The molecule has 0 bridgehead atoms. The lowest BCUT2D eigenvalue weighted by atomic mass is 9.95. The van der Waals surface area contributed by atoms with E-state index in [0.29, 0.717) is 12.5 Å². The van der Waals surface area contributed by atoms with Crippen molar-refractivity contribution in [1.29, 1.82) is 0 Å². The van der Waals surface area contributed by atoms with E-state index in [1.807, 2.05) is 18.2 Å². The number of ether oxygens (including phenoxy) is 1. The molecule has 4 rings (SSSR count). The van der Waals surface area contributed by atoms with E-state index >= 15 is 0 Å². The second kappa shape index (κ2) is 10.4. The Bertz CT molecular complexity index is 831. The van der Waals surface area contributed by atoms with Gasteiger partial charge >= 0.3 is 0 Å². The molecule has 1 amide bonds. The molecule has 0 saturated carbocycles. The molecule has 2 fully saturated rings. The van der Waals surface area contributed by atoms with E-state index in [1.54, 1.807) is 0 Å². The van der Waals surface area contributed by atoms with Gasteiger partial charge in [0.15, 0.2) is 6.10 Å². The Hall–Kier alpha value is -2.21. The first kappa shape index (κ1) is 22.0. The Morgan fingerprint density at radius 2 is 1.74 bits per heavy atom. The summed E-state index contributed by atoms with van der Waals surface area (Å²) in [4.78, 5) is 17.8. The standard InChI is InChI=1S/C26H35N3O2/c1-20-8-10-22(11-9-20)19-29-14-12-21(13-15-29)18-27-26(30)25-24(28(2)16-17-31-25)23-6-4-3-5-7-23/h3-11,21,24-25H,12-19H2,1-2H3,(H,27,30)/t24-,25+/m0/s1. The quantitative estimate of drug-likeness (QED) is 0.777. The van der Waals surface area contributed by atoms with Gasteiger partial charge in [0, 0.05) is 19.6 Å². The van der Waals surface area contributed by atoms with Crippen molar-refractivity contribution in [2.75, 3.05) is 39.8 Å². The molecule has 5 heteroatoms. The van der Waals surface area contributed by atoms with Crippen molar-refractivity contribution in [3.8, 4) is 0 Å². The van der Waals surface area contributed by atoms with Gasteiger partial charge in [-0.3, -0.25) is 14.6 Å². The Morgan fingerprint density at radius 1 is 1.03 bits per heavy atom. The number of piperidine rings is 1. The predicted octanol–water partition coefficient (Wildman–Crippen LogP) is 3.40. The molecule has 0 spiro atoms. The van der Waals surface area contributed by atoms with Gasteiger partial charge in [0.2, 0.25) is 0 Å². The van der Waals surface area contributed by atoms with E-state index < -0.39 is 6.10 Å². The van der Waals surface area contributed by atoms with Crippen LogP contribution in [0.4, 0.5) is 0 Å². The molecule has 0 aliphatic carbocycles. The molecule has 5 nitrogen and oxygen atoms in total. The zero-order chi connectivity index (χ0) is 21.6. The second-order valence-corrected chi connectivity index (χ2v) is 9.08. The van der Waals surface area contributed by atoms with Gasteiger partial charge in [-0.1, -0.05) is 60.2 Å². The van der Waals surface area contributed by atoms with Crippen molar-refractivity contribution in [2.24, 2.45) is 5.92 Å². The van der Waals surface area contributed by atoms with Gasteiger partial charge in [-0.2, -0.15) is 0 Å². The number of amides is 1. The highest BCUT2D eigenvalue weighted by molar-refractivity contribution is 5.82. The van der Waals surface area contributed by atoms with Crippen molar-refractivity contribution < 1.29 is 9.53 Å². The minimum absolute atomic E-state index is 0.0162. The molecule has 2 atom stereocenters. The number of benzene rings is 2. The van der Waals surface area contributed by atoms with Crippen LogP contribution < -0.4 is 5.32 Å². The van der Waals surface area contributed by atoms with Crippen LogP contribution >= 0.6 is 0 Å². The Balaban J connectivity index is 1.26. The number of hydrogen-bond donors (Lipinski definition) is 1. The third-order valence-corrected chi connectivity index (χ3v) is 6.70. The molecule has 2 aliphatic rings. The fraction of sp³-hybridized carbons (Fsp3) is 0.500. The number of nitrogens with one attached hydrogen (secondary N) is 1. The van der Waals surface area contributed by atoms with Crippen molar-refractivity contribution in [3.05, 3.63) is 71.3 Å². The van der Waals surface area contributed by atoms with Crippen LogP contribution in [0.15, 0.2) is 54.6 Å². The number of aryl methyl sites for hydroxylation is 1. The van der Waals surface area contributed by atoms with Crippen molar-refractivity contribution >= 4 is 5.91 Å². The molecule has 0 radical (unpaired) electrons. The van der Waals surface area contributed by atoms with Gasteiger partial charge in [0.25, 0.3) is 5.91 Å². The maximum Gasteiger partial charge on any atom is 0.251 e. The third-order valence-electron chi connectivity index (χ3n) is 6.70. The minimum Gasteiger partial charge on any atom is -0.365 e. The first-order chi connectivity index (χ1) is 15.1. The number of carbonyl (C=O) groups excluding carboxylic acids is 1. The summed E-state index contributed by atoms with van der Waals surface area (Å²) >= 11 is 0. The van der Waals surface area contributed by atoms with Gasteiger partial charge in [0.05, 0.1) is 12.6 Å². The zero-order valence-electron chi connectivity index (χ0n) is 18.8. The highest BCUT2D eigenvalue weighted by Gasteiger charge is 2.36. The van der Waals surface area contributed by atoms with Gasteiger partial charge < -0.3 is 10.1 Å². The highest BCUT2D eigenvalue weighted by Crippen LogP contribution is 2.28. The molecule has 2 saturated heterocycles. The number of morpholine rings is 1. The van der Waals surface area contributed by atoms with Gasteiger partial charge in [-0.25, -0.2) is 0 Å². The molecule has 31 heavy (non-hydrogen) atoms. The summed E-state index contributed by atoms with van der Waals surface area (Å²) in [5, 5.41) is 3.20. The Labute approximate surface area is 186 Å². The van der Waals surface area contributed by atoms with E-state index in [9.17, 15) is 4.79 Å². The molecule has 166 valence electrons. The molecule has 0 unspecified atom stereocenters. The average molecular weight is 422 g/mol. The highest BCUT2D eigenvalue weighted by atomic mass is 16.5. The third kappa shape index (κ3) is 5.73. The zero-order valence-corrected chi connectivity index (χ0v) is 18.8. The lowest BCUT2D eigenvalue weighted by Gasteiger charge is -2.39. The van der Waals surface area contributed by atoms with E-state index in [1.165, 1.54) is 11.1 Å². The lowest BCUT2D eigenvalue weighted by molar-refractivity contribution is -0.144. The number of nitrogens with zero attached hydrogens (tertiary/aromatic N) is 2. The second-order valence-electron chi connectivity index (χ2n) is 9.08. The van der Waals surface area contributed by atoms with Crippen molar-refractivity contribution in [1.82, 2.24) is 15.1 Å². The molecular weight excluding hydrogens is 386 g/mol. The average Bonchev–Trinajstić information content (AvgIpc) is 2.80.